The highest BCUT2D eigenvalue weighted by Crippen LogP contribution is 2.17. The molecule has 0 bridgehead atoms. The first-order valence-electron chi connectivity index (χ1n) is 7.98. The average Bonchev–Trinajstić information content (AvgIpc) is 2.93. The zero-order valence-electron chi connectivity index (χ0n) is 13.6. The Balaban J connectivity index is 2.04. The van der Waals surface area contributed by atoms with Crippen molar-refractivity contribution >= 4 is 0 Å². The molecule has 1 unspecified atom stereocenters. The van der Waals surface area contributed by atoms with Crippen LogP contribution in [0.5, 0.6) is 0 Å². The molecule has 0 radical (unpaired) electrons. The average molecular weight is 285 g/mol. The number of nitrogens with zero attached hydrogens (tertiary/aromatic N) is 2. The molecule has 0 aliphatic carbocycles. The van der Waals surface area contributed by atoms with Crippen LogP contribution in [0.4, 0.5) is 0 Å². The molecule has 1 heterocycles. The van der Waals surface area contributed by atoms with Crippen molar-refractivity contribution < 1.29 is 0 Å². The summed E-state index contributed by atoms with van der Waals surface area (Å²) in [5, 5.41) is 7.99. The Kier molecular flexibility index (Phi) is 5.57. The first-order valence-corrected chi connectivity index (χ1v) is 7.98. The van der Waals surface area contributed by atoms with Crippen molar-refractivity contribution in [2.45, 2.75) is 52.6 Å². The molecule has 1 aromatic carbocycles. The van der Waals surface area contributed by atoms with Crippen LogP contribution in [0.15, 0.2) is 36.7 Å². The summed E-state index contributed by atoms with van der Waals surface area (Å²) in [4.78, 5) is 0. The fourth-order valence-electron chi connectivity index (χ4n) is 2.59. The molecule has 21 heavy (non-hydrogen) atoms. The van der Waals surface area contributed by atoms with E-state index < -0.39 is 0 Å². The van der Waals surface area contributed by atoms with Gasteiger partial charge in [-0.2, -0.15) is 5.10 Å². The van der Waals surface area contributed by atoms with E-state index in [0.29, 0.717) is 12.0 Å². The second kappa shape index (κ2) is 7.41. The molecule has 114 valence electrons. The van der Waals surface area contributed by atoms with Gasteiger partial charge in [-0.25, -0.2) is 0 Å². The summed E-state index contributed by atoms with van der Waals surface area (Å²) in [5.41, 5.74) is 3.96. The van der Waals surface area contributed by atoms with E-state index in [1.807, 2.05) is 10.9 Å². The van der Waals surface area contributed by atoms with Crippen molar-refractivity contribution in [3.63, 3.8) is 0 Å². The normalized spacial score (nSPS) is 12.8. The molecule has 3 nitrogen and oxygen atoms in total. The summed E-state index contributed by atoms with van der Waals surface area (Å²) in [5.74, 6) is 0.584. The minimum Gasteiger partial charge on any atom is -0.310 e. The van der Waals surface area contributed by atoms with Gasteiger partial charge in [0.15, 0.2) is 0 Å². The summed E-state index contributed by atoms with van der Waals surface area (Å²) in [6, 6.07) is 9.26. The fraction of sp³-hybridized carbons (Fsp3) is 0.500. The second-order valence-corrected chi connectivity index (χ2v) is 5.89. The Morgan fingerprint density at radius 2 is 1.81 bits per heavy atom. The van der Waals surface area contributed by atoms with Crippen LogP contribution in [0.25, 0.3) is 0 Å². The zero-order chi connectivity index (χ0) is 15.2. The molecular weight excluding hydrogens is 258 g/mol. The predicted molar refractivity (Wildman–Crippen MR) is 88.6 cm³/mol. The van der Waals surface area contributed by atoms with Gasteiger partial charge in [-0.15, -0.1) is 0 Å². The molecule has 1 N–H and O–H groups in total. The molecule has 0 spiro atoms. The lowest BCUT2D eigenvalue weighted by Gasteiger charge is -2.13. The smallest absolute Gasteiger partial charge is 0.0659 e. The Hall–Kier alpha value is -1.61. The summed E-state index contributed by atoms with van der Waals surface area (Å²) in [6.07, 6.45) is 5.23. The first kappa shape index (κ1) is 15.8. The molecule has 0 saturated carbocycles. The van der Waals surface area contributed by atoms with Gasteiger partial charge >= 0.3 is 0 Å². The number of rotatable bonds is 7. The van der Waals surface area contributed by atoms with Crippen LogP contribution in [-0.4, -0.2) is 16.3 Å². The SMILES string of the molecule is CCNC(CC)c1cnn(Cc2ccc(C(C)C)cc2)c1. The van der Waals surface area contributed by atoms with E-state index in [0.717, 1.165) is 19.5 Å². The lowest BCUT2D eigenvalue weighted by molar-refractivity contribution is 0.536. The predicted octanol–water partition coefficient (Wildman–Crippen LogP) is 4.12. The third-order valence-corrected chi connectivity index (χ3v) is 3.91. The topological polar surface area (TPSA) is 29.9 Å². The van der Waals surface area contributed by atoms with Crippen LogP contribution < -0.4 is 5.32 Å². The van der Waals surface area contributed by atoms with Crippen molar-refractivity contribution in [2.24, 2.45) is 0 Å². The Bertz CT molecular complexity index is 540. The summed E-state index contributed by atoms with van der Waals surface area (Å²) in [6.45, 7) is 10.6. The molecule has 0 fully saturated rings. The Labute approximate surface area is 128 Å². The molecule has 1 aromatic heterocycles. The van der Waals surface area contributed by atoms with Gasteiger partial charge in [0.25, 0.3) is 0 Å². The second-order valence-electron chi connectivity index (χ2n) is 5.89. The number of benzene rings is 1. The van der Waals surface area contributed by atoms with Crippen LogP contribution in [0.1, 0.15) is 62.8 Å². The fourth-order valence-corrected chi connectivity index (χ4v) is 2.59. The monoisotopic (exact) mass is 285 g/mol. The molecule has 0 saturated heterocycles. The number of hydrogen-bond acceptors (Lipinski definition) is 2. The molecule has 2 rings (SSSR count). The standard InChI is InChI=1S/C18H27N3/c1-5-18(19-6-2)17-11-20-21(13-17)12-15-7-9-16(10-8-15)14(3)4/h7-11,13-14,18-19H,5-6,12H2,1-4H3. The molecule has 0 amide bonds. The van der Waals surface area contributed by atoms with Gasteiger partial charge in [-0.05, 0) is 30.0 Å². The Morgan fingerprint density at radius 1 is 1.10 bits per heavy atom. The third kappa shape index (κ3) is 4.18. The molecule has 2 aromatic rings. The third-order valence-electron chi connectivity index (χ3n) is 3.91. The summed E-state index contributed by atoms with van der Waals surface area (Å²) in [7, 11) is 0. The maximum absolute atomic E-state index is 4.50. The first-order chi connectivity index (χ1) is 10.1. The Morgan fingerprint density at radius 3 is 2.38 bits per heavy atom. The lowest BCUT2D eigenvalue weighted by atomic mass is 10.0. The van der Waals surface area contributed by atoms with Crippen molar-refractivity contribution in [3.8, 4) is 0 Å². The van der Waals surface area contributed by atoms with Gasteiger partial charge < -0.3 is 5.32 Å². The van der Waals surface area contributed by atoms with Crippen LogP contribution in [0.2, 0.25) is 0 Å². The van der Waals surface area contributed by atoms with Gasteiger partial charge in [-0.1, -0.05) is 52.0 Å². The van der Waals surface area contributed by atoms with Gasteiger partial charge in [0, 0.05) is 17.8 Å². The van der Waals surface area contributed by atoms with E-state index in [1.165, 1.54) is 16.7 Å². The molecule has 0 aliphatic heterocycles. The molecular formula is C18H27N3. The van der Waals surface area contributed by atoms with Gasteiger partial charge in [0.1, 0.15) is 0 Å². The maximum atomic E-state index is 4.50. The summed E-state index contributed by atoms with van der Waals surface area (Å²) >= 11 is 0. The molecule has 3 heteroatoms. The maximum Gasteiger partial charge on any atom is 0.0659 e. The zero-order valence-corrected chi connectivity index (χ0v) is 13.6. The highest BCUT2D eigenvalue weighted by molar-refractivity contribution is 5.25. The van der Waals surface area contributed by atoms with Gasteiger partial charge in [0.05, 0.1) is 12.7 Å². The van der Waals surface area contributed by atoms with Crippen LogP contribution in [0, 0.1) is 0 Å². The van der Waals surface area contributed by atoms with Crippen molar-refractivity contribution in [3.05, 3.63) is 53.3 Å². The quantitative estimate of drug-likeness (QED) is 0.829. The van der Waals surface area contributed by atoms with E-state index in [1.54, 1.807) is 0 Å². The van der Waals surface area contributed by atoms with E-state index >= 15 is 0 Å². The van der Waals surface area contributed by atoms with Crippen molar-refractivity contribution in [2.75, 3.05) is 6.54 Å². The minimum atomic E-state index is 0.409. The molecule has 1 atom stereocenters. The number of nitrogens with one attached hydrogen (secondary N) is 1. The number of hydrogen-bond donors (Lipinski definition) is 1. The summed E-state index contributed by atoms with van der Waals surface area (Å²) < 4.78 is 2.03. The van der Waals surface area contributed by atoms with E-state index in [9.17, 15) is 0 Å². The van der Waals surface area contributed by atoms with E-state index in [4.69, 9.17) is 0 Å². The van der Waals surface area contributed by atoms with Crippen molar-refractivity contribution in [1.82, 2.24) is 15.1 Å². The highest BCUT2D eigenvalue weighted by atomic mass is 15.3. The van der Waals surface area contributed by atoms with Crippen molar-refractivity contribution in [1.29, 1.82) is 0 Å². The van der Waals surface area contributed by atoms with Crippen LogP contribution >= 0.6 is 0 Å². The van der Waals surface area contributed by atoms with Gasteiger partial charge in [0.2, 0.25) is 0 Å². The van der Waals surface area contributed by atoms with E-state index in [2.05, 4.69) is 68.6 Å². The molecule has 0 aliphatic rings. The lowest BCUT2D eigenvalue weighted by Crippen LogP contribution is -2.19. The van der Waals surface area contributed by atoms with Crippen LogP contribution in [0.3, 0.4) is 0 Å². The minimum absolute atomic E-state index is 0.409. The largest absolute Gasteiger partial charge is 0.310 e. The van der Waals surface area contributed by atoms with E-state index in [-0.39, 0.29) is 0 Å². The van der Waals surface area contributed by atoms with Gasteiger partial charge in [-0.3, -0.25) is 4.68 Å². The number of aromatic nitrogens is 2. The highest BCUT2D eigenvalue weighted by Gasteiger charge is 2.10. The van der Waals surface area contributed by atoms with Crippen LogP contribution in [-0.2, 0) is 6.54 Å².